The third-order valence-corrected chi connectivity index (χ3v) is 5.31. The third-order valence-electron chi connectivity index (χ3n) is 5.31. The summed E-state index contributed by atoms with van der Waals surface area (Å²) in [5.41, 5.74) is 3.59. The SMILES string of the molecule is CCC(=O)N1N=C2c3cc(OC)ccc3CC[C@H]2[C@H]1c1ccccc1F. The molecule has 4 nitrogen and oxygen atoms in total. The maximum atomic E-state index is 14.5. The zero-order valence-electron chi connectivity index (χ0n) is 14.9. The first-order chi connectivity index (χ1) is 12.6. The van der Waals surface area contributed by atoms with E-state index in [0.29, 0.717) is 12.0 Å². The highest BCUT2D eigenvalue weighted by Gasteiger charge is 2.44. The van der Waals surface area contributed by atoms with E-state index in [9.17, 15) is 9.18 Å². The second-order valence-electron chi connectivity index (χ2n) is 6.71. The van der Waals surface area contributed by atoms with E-state index in [4.69, 9.17) is 4.74 Å². The molecule has 26 heavy (non-hydrogen) atoms. The predicted molar refractivity (Wildman–Crippen MR) is 97.6 cm³/mol. The normalized spacial score (nSPS) is 21.0. The van der Waals surface area contributed by atoms with Gasteiger partial charge >= 0.3 is 0 Å². The van der Waals surface area contributed by atoms with Crippen LogP contribution >= 0.6 is 0 Å². The summed E-state index contributed by atoms with van der Waals surface area (Å²) in [5.74, 6) is 0.362. The number of methoxy groups -OCH3 is 1. The fraction of sp³-hybridized carbons (Fsp3) is 0.333. The van der Waals surface area contributed by atoms with E-state index in [2.05, 4.69) is 11.2 Å². The summed E-state index contributed by atoms with van der Waals surface area (Å²) in [4.78, 5) is 12.6. The highest BCUT2D eigenvalue weighted by atomic mass is 19.1. The Morgan fingerprint density at radius 1 is 1.31 bits per heavy atom. The van der Waals surface area contributed by atoms with Gasteiger partial charge in [-0.3, -0.25) is 4.79 Å². The van der Waals surface area contributed by atoms with Crippen molar-refractivity contribution >= 4 is 11.6 Å². The maximum Gasteiger partial charge on any atom is 0.242 e. The topological polar surface area (TPSA) is 41.9 Å². The van der Waals surface area contributed by atoms with Crippen LogP contribution in [0.15, 0.2) is 47.6 Å². The minimum atomic E-state index is -0.391. The van der Waals surface area contributed by atoms with Crippen LogP contribution < -0.4 is 4.74 Å². The Labute approximate surface area is 152 Å². The average Bonchev–Trinajstić information content (AvgIpc) is 3.07. The van der Waals surface area contributed by atoms with Gasteiger partial charge in [-0.05, 0) is 36.6 Å². The van der Waals surface area contributed by atoms with Crippen LogP contribution in [0.3, 0.4) is 0 Å². The van der Waals surface area contributed by atoms with E-state index in [1.54, 1.807) is 26.2 Å². The lowest BCUT2D eigenvalue weighted by Crippen LogP contribution is -2.32. The van der Waals surface area contributed by atoms with Gasteiger partial charge in [0.25, 0.3) is 0 Å². The smallest absolute Gasteiger partial charge is 0.242 e. The van der Waals surface area contributed by atoms with Crippen molar-refractivity contribution in [2.24, 2.45) is 11.0 Å². The monoisotopic (exact) mass is 352 g/mol. The van der Waals surface area contributed by atoms with Crippen molar-refractivity contribution in [1.29, 1.82) is 0 Å². The molecule has 5 heteroatoms. The van der Waals surface area contributed by atoms with Crippen molar-refractivity contribution in [3.8, 4) is 5.75 Å². The molecule has 0 saturated carbocycles. The molecule has 0 aromatic heterocycles. The number of benzene rings is 2. The summed E-state index contributed by atoms with van der Waals surface area (Å²) < 4.78 is 19.9. The van der Waals surface area contributed by atoms with Crippen molar-refractivity contribution in [3.63, 3.8) is 0 Å². The Hall–Kier alpha value is -2.69. The number of rotatable bonds is 3. The first kappa shape index (κ1) is 16.8. The van der Waals surface area contributed by atoms with E-state index in [-0.39, 0.29) is 17.6 Å². The Bertz CT molecular complexity index is 893. The molecule has 0 bridgehead atoms. The Balaban J connectivity index is 1.84. The van der Waals surface area contributed by atoms with E-state index in [1.165, 1.54) is 16.6 Å². The number of hydrazone groups is 1. The standard InChI is InChI=1S/C21H21FN2O2/c1-3-19(25)24-21(15-6-4-5-7-18(15)22)16-11-9-13-8-10-14(26-2)12-17(13)20(16)23-24/h4-8,10,12,16,21H,3,9,11H2,1-2H3/t16-,21-/m1/s1. The molecule has 0 fully saturated rings. The molecule has 0 N–H and O–H groups in total. The van der Waals surface area contributed by atoms with Crippen LogP contribution in [0.2, 0.25) is 0 Å². The molecule has 2 aromatic carbocycles. The van der Waals surface area contributed by atoms with Crippen LogP contribution in [0.1, 0.15) is 42.5 Å². The number of carbonyl (C=O) groups is 1. The number of fused-ring (bicyclic) bond motifs is 3. The number of amides is 1. The number of aryl methyl sites for hydroxylation is 1. The van der Waals surface area contributed by atoms with Crippen molar-refractivity contribution in [3.05, 3.63) is 65.0 Å². The van der Waals surface area contributed by atoms with E-state index >= 15 is 0 Å². The van der Waals surface area contributed by atoms with Crippen LogP contribution in [-0.2, 0) is 11.2 Å². The number of hydrogen-bond acceptors (Lipinski definition) is 3. The quantitative estimate of drug-likeness (QED) is 0.835. The molecule has 0 radical (unpaired) electrons. The Kier molecular flexibility index (Phi) is 4.23. The second kappa shape index (κ2) is 6.56. The lowest BCUT2D eigenvalue weighted by molar-refractivity contribution is -0.133. The molecule has 4 rings (SSSR count). The van der Waals surface area contributed by atoms with Gasteiger partial charge in [0.15, 0.2) is 0 Å². The first-order valence-electron chi connectivity index (χ1n) is 8.96. The second-order valence-corrected chi connectivity index (χ2v) is 6.71. The fourth-order valence-electron chi connectivity index (χ4n) is 4.01. The Morgan fingerprint density at radius 3 is 2.85 bits per heavy atom. The molecule has 2 atom stereocenters. The largest absolute Gasteiger partial charge is 0.497 e. The van der Waals surface area contributed by atoms with Crippen LogP contribution in [0.4, 0.5) is 4.39 Å². The van der Waals surface area contributed by atoms with Gasteiger partial charge in [-0.25, -0.2) is 9.40 Å². The van der Waals surface area contributed by atoms with Crippen molar-refractivity contribution < 1.29 is 13.9 Å². The molecule has 134 valence electrons. The highest BCUT2D eigenvalue weighted by molar-refractivity contribution is 6.07. The Morgan fingerprint density at radius 2 is 2.12 bits per heavy atom. The van der Waals surface area contributed by atoms with Gasteiger partial charge in [-0.1, -0.05) is 31.2 Å². The number of halogens is 1. The van der Waals surface area contributed by atoms with Crippen molar-refractivity contribution in [2.75, 3.05) is 7.11 Å². The summed E-state index contributed by atoms with van der Waals surface area (Å²) in [6.45, 7) is 1.81. The molecular formula is C21H21FN2O2. The van der Waals surface area contributed by atoms with Crippen LogP contribution in [0.5, 0.6) is 5.75 Å². The lowest BCUT2D eigenvalue weighted by atomic mass is 9.77. The predicted octanol–water partition coefficient (Wildman–Crippen LogP) is 4.09. The summed E-state index contributed by atoms with van der Waals surface area (Å²) in [7, 11) is 1.63. The van der Waals surface area contributed by atoms with E-state index in [0.717, 1.165) is 29.9 Å². The minimum absolute atomic E-state index is 0.0120. The van der Waals surface area contributed by atoms with Gasteiger partial charge in [-0.2, -0.15) is 5.10 Å². The van der Waals surface area contributed by atoms with Gasteiger partial charge in [-0.15, -0.1) is 0 Å². The maximum absolute atomic E-state index is 14.5. The zero-order chi connectivity index (χ0) is 18.3. The molecular weight excluding hydrogens is 331 g/mol. The molecule has 2 aromatic rings. The number of carbonyl (C=O) groups excluding carboxylic acids is 1. The molecule has 0 spiro atoms. The molecule has 1 aliphatic carbocycles. The van der Waals surface area contributed by atoms with E-state index < -0.39 is 6.04 Å². The molecule has 1 heterocycles. The summed E-state index contributed by atoms with van der Waals surface area (Å²) in [6.07, 6.45) is 2.05. The third kappa shape index (κ3) is 2.59. The zero-order valence-corrected chi connectivity index (χ0v) is 14.9. The van der Waals surface area contributed by atoms with Gasteiger partial charge in [0.1, 0.15) is 11.6 Å². The van der Waals surface area contributed by atoms with Gasteiger partial charge in [0, 0.05) is 23.5 Å². The fourth-order valence-corrected chi connectivity index (χ4v) is 4.01. The summed E-state index contributed by atoms with van der Waals surface area (Å²) in [6, 6.07) is 12.3. The number of hydrogen-bond donors (Lipinski definition) is 0. The molecule has 0 unspecified atom stereocenters. The highest BCUT2D eigenvalue weighted by Crippen LogP contribution is 2.44. The summed E-state index contributed by atoms with van der Waals surface area (Å²) in [5, 5.41) is 6.17. The molecule has 1 amide bonds. The average molecular weight is 352 g/mol. The van der Waals surface area contributed by atoms with Crippen molar-refractivity contribution in [2.45, 2.75) is 32.2 Å². The van der Waals surface area contributed by atoms with Crippen LogP contribution in [0, 0.1) is 11.7 Å². The van der Waals surface area contributed by atoms with E-state index in [1.807, 2.05) is 18.2 Å². The van der Waals surface area contributed by atoms with Crippen LogP contribution in [0.25, 0.3) is 0 Å². The molecule has 0 saturated heterocycles. The number of ether oxygens (including phenoxy) is 1. The first-order valence-corrected chi connectivity index (χ1v) is 8.96. The lowest BCUT2D eigenvalue weighted by Gasteiger charge is -2.29. The van der Waals surface area contributed by atoms with Gasteiger partial charge < -0.3 is 4.74 Å². The van der Waals surface area contributed by atoms with Gasteiger partial charge in [0.05, 0.1) is 18.9 Å². The van der Waals surface area contributed by atoms with Crippen molar-refractivity contribution in [1.82, 2.24) is 5.01 Å². The molecule has 2 aliphatic rings. The van der Waals surface area contributed by atoms with Crippen LogP contribution in [-0.4, -0.2) is 23.7 Å². The number of nitrogens with zero attached hydrogens (tertiary/aromatic N) is 2. The van der Waals surface area contributed by atoms with Gasteiger partial charge in [0.2, 0.25) is 5.91 Å². The molecule has 1 aliphatic heterocycles. The summed E-state index contributed by atoms with van der Waals surface area (Å²) >= 11 is 0. The minimum Gasteiger partial charge on any atom is -0.497 e.